The zero-order valence-electron chi connectivity index (χ0n) is 14.0. The van der Waals surface area contributed by atoms with E-state index < -0.39 is 0 Å². The van der Waals surface area contributed by atoms with Gasteiger partial charge >= 0.3 is 0 Å². The number of imide groups is 1. The van der Waals surface area contributed by atoms with E-state index in [2.05, 4.69) is 5.92 Å². The van der Waals surface area contributed by atoms with Crippen molar-refractivity contribution in [2.24, 2.45) is 0 Å². The van der Waals surface area contributed by atoms with Gasteiger partial charge in [-0.2, -0.15) is 0 Å². The monoisotopic (exact) mass is 404 g/mol. The molecule has 1 aromatic carbocycles. The second-order valence-electron chi connectivity index (χ2n) is 5.71. The molecule has 7 heteroatoms. The van der Waals surface area contributed by atoms with E-state index in [-0.39, 0.29) is 17.7 Å². The minimum atomic E-state index is -0.372. The molecule has 0 bridgehead atoms. The highest BCUT2D eigenvalue weighted by molar-refractivity contribution is 8.18. The van der Waals surface area contributed by atoms with Crippen LogP contribution in [0.25, 0.3) is 11.8 Å². The summed E-state index contributed by atoms with van der Waals surface area (Å²) < 4.78 is 1.96. The number of amides is 2. The summed E-state index contributed by atoms with van der Waals surface area (Å²) in [6.45, 7) is 3.83. The van der Waals surface area contributed by atoms with Crippen molar-refractivity contribution in [1.82, 2.24) is 9.47 Å². The van der Waals surface area contributed by atoms with Crippen molar-refractivity contribution < 1.29 is 9.59 Å². The highest BCUT2D eigenvalue weighted by atomic mass is 35.5. The SMILES string of the molecule is C#CCN1C(=O)S/C(=C/c2cc(C)n(-c3cccc(Cl)c3Cl)c2C)C1=O. The van der Waals surface area contributed by atoms with Crippen LogP contribution >= 0.6 is 35.0 Å². The van der Waals surface area contributed by atoms with Gasteiger partial charge in [-0.05, 0) is 55.4 Å². The molecule has 132 valence electrons. The summed E-state index contributed by atoms with van der Waals surface area (Å²) in [6, 6.07) is 7.36. The van der Waals surface area contributed by atoms with Gasteiger partial charge in [0.05, 0.1) is 27.2 Å². The minimum Gasteiger partial charge on any atom is -0.316 e. The van der Waals surface area contributed by atoms with Gasteiger partial charge in [-0.15, -0.1) is 6.42 Å². The van der Waals surface area contributed by atoms with E-state index in [1.165, 1.54) is 0 Å². The van der Waals surface area contributed by atoms with Gasteiger partial charge in [0, 0.05) is 11.4 Å². The molecule has 3 rings (SSSR count). The van der Waals surface area contributed by atoms with Gasteiger partial charge in [-0.25, -0.2) is 0 Å². The molecule has 1 aliphatic rings. The number of aryl methyl sites for hydroxylation is 1. The largest absolute Gasteiger partial charge is 0.316 e. The van der Waals surface area contributed by atoms with E-state index in [4.69, 9.17) is 29.6 Å². The average molecular weight is 405 g/mol. The molecule has 0 N–H and O–H groups in total. The highest BCUT2D eigenvalue weighted by Crippen LogP contribution is 2.35. The predicted molar refractivity (Wildman–Crippen MR) is 107 cm³/mol. The molecule has 0 unspecified atom stereocenters. The van der Waals surface area contributed by atoms with Crippen molar-refractivity contribution in [3.63, 3.8) is 0 Å². The smallest absolute Gasteiger partial charge is 0.294 e. The fraction of sp³-hybridized carbons (Fsp3) is 0.158. The number of hydrogen-bond acceptors (Lipinski definition) is 3. The lowest BCUT2D eigenvalue weighted by molar-refractivity contribution is -0.122. The first-order valence-corrected chi connectivity index (χ1v) is 9.24. The van der Waals surface area contributed by atoms with Crippen molar-refractivity contribution in [3.05, 3.63) is 56.2 Å². The van der Waals surface area contributed by atoms with E-state index in [9.17, 15) is 9.59 Å². The molecule has 0 spiro atoms. The second kappa shape index (κ2) is 7.24. The van der Waals surface area contributed by atoms with Crippen LogP contribution in [0.5, 0.6) is 0 Å². The number of rotatable bonds is 3. The van der Waals surface area contributed by atoms with Crippen LogP contribution in [0.15, 0.2) is 29.2 Å². The van der Waals surface area contributed by atoms with E-state index in [0.29, 0.717) is 15.0 Å². The number of terminal acetylenes is 1. The van der Waals surface area contributed by atoms with E-state index >= 15 is 0 Å². The zero-order chi connectivity index (χ0) is 19.0. The average Bonchev–Trinajstić information content (AvgIpc) is 3.01. The van der Waals surface area contributed by atoms with Crippen LogP contribution in [0.4, 0.5) is 4.79 Å². The maximum absolute atomic E-state index is 12.4. The first-order valence-electron chi connectivity index (χ1n) is 7.67. The Kier molecular flexibility index (Phi) is 5.19. The summed E-state index contributed by atoms with van der Waals surface area (Å²) in [5, 5.41) is 0.566. The summed E-state index contributed by atoms with van der Waals surface area (Å²) in [5.41, 5.74) is 3.40. The lowest BCUT2D eigenvalue weighted by Gasteiger charge is -2.12. The van der Waals surface area contributed by atoms with Crippen LogP contribution in [-0.4, -0.2) is 27.2 Å². The molecule has 2 aromatic rings. The fourth-order valence-corrected chi connectivity index (χ4v) is 4.05. The third-order valence-electron chi connectivity index (χ3n) is 4.05. The Morgan fingerprint density at radius 2 is 2.00 bits per heavy atom. The van der Waals surface area contributed by atoms with Crippen molar-refractivity contribution in [3.8, 4) is 18.0 Å². The second-order valence-corrected chi connectivity index (χ2v) is 7.49. The molecule has 1 fully saturated rings. The first-order chi connectivity index (χ1) is 12.3. The third-order valence-corrected chi connectivity index (χ3v) is 5.77. The molecule has 2 amide bonds. The molecule has 0 aliphatic carbocycles. The number of carbonyl (C=O) groups is 2. The van der Waals surface area contributed by atoms with Gasteiger partial charge in [-0.3, -0.25) is 14.5 Å². The maximum Gasteiger partial charge on any atom is 0.294 e. The number of benzene rings is 1. The quantitative estimate of drug-likeness (QED) is 0.529. The third kappa shape index (κ3) is 3.16. The lowest BCUT2D eigenvalue weighted by atomic mass is 10.2. The number of carbonyl (C=O) groups excluding carboxylic acids is 2. The van der Waals surface area contributed by atoms with Crippen molar-refractivity contribution in [1.29, 1.82) is 0 Å². The molecule has 26 heavy (non-hydrogen) atoms. The normalized spacial score (nSPS) is 15.8. The van der Waals surface area contributed by atoms with Gasteiger partial charge in [0.1, 0.15) is 0 Å². The molecule has 4 nitrogen and oxygen atoms in total. The number of aromatic nitrogens is 1. The van der Waals surface area contributed by atoms with Crippen molar-refractivity contribution >= 4 is 52.2 Å². The molecule has 0 atom stereocenters. The van der Waals surface area contributed by atoms with Crippen LogP contribution in [0.2, 0.25) is 10.0 Å². The number of hydrogen-bond donors (Lipinski definition) is 0. The topological polar surface area (TPSA) is 42.3 Å². The first kappa shape index (κ1) is 18.7. The number of thioether (sulfide) groups is 1. The van der Waals surface area contributed by atoms with E-state index in [1.54, 1.807) is 12.1 Å². The summed E-state index contributed by atoms with van der Waals surface area (Å²) in [4.78, 5) is 25.7. The Labute approximate surface area is 165 Å². The summed E-state index contributed by atoms with van der Waals surface area (Å²) >= 11 is 13.4. The molecule has 0 saturated carbocycles. The van der Waals surface area contributed by atoms with Gasteiger partial charge < -0.3 is 4.57 Å². The highest BCUT2D eigenvalue weighted by Gasteiger charge is 2.34. The molecule has 2 heterocycles. The molecule has 1 aromatic heterocycles. The summed E-state index contributed by atoms with van der Waals surface area (Å²) in [5.74, 6) is 1.95. The van der Waals surface area contributed by atoms with Crippen LogP contribution in [0.1, 0.15) is 17.0 Å². The number of nitrogens with zero attached hydrogens (tertiary/aromatic N) is 2. The van der Waals surface area contributed by atoms with Crippen LogP contribution in [0, 0.1) is 26.2 Å². The van der Waals surface area contributed by atoms with E-state index in [1.807, 2.05) is 36.6 Å². The van der Waals surface area contributed by atoms with Crippen molar-refractivity contribution in [2.75, 3.05) is 6.54 Å². The lowest BCUT2D eigenvalue weighted by Crippen LogP contribution is -2.28. The van der Waals surface area contributed by atoms with Crippen LogP contribution in [0.3, 0.4) is 0 Å². The van der Waals surface area contributed by atoms with E-state index in [0.717, 1.165) is 39.3 Å². The Bertz CT molecular complexity index is 1000. The summed E-state index contributed by atoms with van der Waals surface area (Å²) in [7, 11) is 0. The fourth-order valence-electron chi connectivity index (χ4n) is 2.84. The Morgan fingerprint density at radius 1 is 1.27 bits per heavy atom. The zero-order valence-corrected chi connectivity index (χ0v) is 16.4. The van der Waals surface area contributed by atoms with Gasteiger partial charge in [0.15, 0.2) is 0 Å². The van der Waals surface area contributed by atoms with Gasteiger partial charge in [-0.1, -0.05) is 35.2 Å². The Balaban J connectivity index is 2.05. The Hall–Kier alpha value is -2.13. The van der Waals surface area contributed by atoms with Gasteiger partial charge in [0.2, 0.25) is 0 Å². The van der Waals surface area contributed by atoms with Crippen molar-refractivity contribution in [2.45, 2.75) is 13.8 Å². The molecule has 1 saturated heterocycles. The van der Waals surface area contributed by atoms with Crippen LogP contribution < -0.4 is 0 Å². The van der Waals surface area contributed by atoms with Gasteiger partial charge in [0.25, 0.3) is 11.1 Å². The standard InChI is InChI=1S/C19H14Cl2N2O2S/c1-4-8-22-18(24)16(26-19(22)25)10-13-9-11(2)23(12(13)3)15-7-5-6-14(20)17(15)21/h1,5-7,9-10H,8H2,2-3H3/b16-10+. The van der Waals surface area contributed by atoms with Crippen LogP contribution in [-0.2, 0) is 4.79 Å². The minimum absolute atomic E-state index is 0.0286. The molecule has 0 radical (unpaired) electrons. The molecule has 1 aliphatic heterocycles. The summed E-state index contributed by atoms with van der Waals surface area (Å²) in [6.07, 6.45) is 6.92. The molecular weight excluding hydrogens is 391 g/mol. The molecular formula is C19H14Cl2N2O2S. The maximum atomic E-state index is 12.4. The Morgan fingerprint density at radius 3 is 2.69 bits per heavy atom. The predicted octanol–water partition coefficient (Wildman–Crippen LogP) is 5.07. The number of halogens is 2.